The van der Waals surface area contributed by atoms with E-state index in [9.17, 15) is 0 Å². The molecule has 21 heavy (non-hydrogen) atoms. The van der Waals surface area contributed by atoms with E-state index in [1.54, 1.807) is 0 Å². The van der Waals surface area contributed by atoms with Gasteiger partial charge in [0.25, 0.3) is 5.22 Å². The van der Waals surface area contributed by atoms with Crippen molar-refractivity contribution in [2.75, 3.05) is 0 Å². The van der Waals surface area contributed by atoms with Crippen LogP contribution in [0, 0.1) is 6.92 Å². The van der Waals surface area contributed by atoms with E-state index in [2.05, 4.69) is 39.1 Å². The largest absolute Gasteiger partial charge is 0.411 e. The maximum Gasteiger partial charge on any atom is 0.277 e. The van der Waals surface area contributed by atoms with E-state index in [4.69, 9.17) is 4.42 Å². The van der Waals surface area contributed by atoms with Crippen LogP contribution in [0.5, 0.6) is 0 Å². The SMILES string of the molecule is Cc1ccc(-c2nnc(SCc3ccccc3Br)o2)cc1. The Morgan fingerprint density at radius 3 is 2.57 bits per heavy atom. The van der Waals surface area contributed by atoms with E-state index < -0.39 is 0 Å². The van der Waals surface area contributed by atoms with Gasteiger partial charge in [0.15, 0.2) is 0 Å². The molecule has 0 bridgehead atoms. The summed E-state index contributed by atoms with van der Waals surface area (Å²) in [7, 11) is 0. The number of hydrogen-bond donors (Lipinski definition) is 0. The summed E-state index contributed by atoms with van der Waals surface area (Å²) in [6.07, 6.45) is 0. The minimum atomic E-state index is 0.560. The number of aryl methyl sites for hydroxylation is 1. The van der Waals surface area contributed by atoms with E-state index >= 15 is 0 Å². The van der Waals surface area contributed by atoms with Crippen molar-refractivity contribution in [1.29, 1.82) is 0 Å². The monoisotopic (exact) mass is 360 g/mol. The minimum Gasteiger partial charge on any atom is -0.411 e. The van der Waals surface area contributed by atoms with Crippen LogP contribution in [0.25, 0.3) is 11.5 Å². The van der Waals surface area contributed by atoms with Gasteiger partial charge < -0.3 is 4.42 Å². The van der Waals surface area contributed by atoms with Crippen LogP contribution in [0.2, 0.25) is 0 Å². The van der Waals surface area contributed by atoms with Crippen molar-refractivity contribution < 1.29 is 4.42 Å². The van der Waals surface area contributed by atoms with Gasteiger partial charge in [0, 0.05) is 15.8 Å². The molecule has 0 atom stereocenters. The Morgan fingerprint density at radius 2 is 1.81 bits per heavy atom. The Hall–Kier alpha value is -1.59. The Labute approximate surface area is 135 Å². The summed E-state index contributed by atoms with van der Waals surface area (Å²) >= 11 is 5.07. The van der Waals surface area contributed by atoms with E-state index in [1.807, 2.05) is 42.5 Å². The first kappa shape index (κ1) is 14.4. The van der Waals surface area contributed by atoms with Gasteiger partial charge >= 0.3 is 0 Å². The van der Waals surface area contributed by atoms with Crippen molar-refractivity contribution in [1.82, 2.24) is 10.2 Å². The third kappa shape index (κ3) is 3.54. The standard InChI is InChI=1S/C16H13BrN2OS/c1-11-6-8-12(9-7-11)15-18-19-16(20-15)21-10-13-4-2-3-5-14(13)17/h2-9H,10H2,1H3. The van der Waals surface area contributed by atoms with E-state index in [0.29, 0.717) is 11.1 Å². The van der Waals surface area contributed by atoms with Crippen molar-refractivity contribution in [2.45, 2.75) is 17.9 Å². The predicted molar refractivity (Wildman–Crippen MR) is 88.2 cm³/mol. The highest BCUT2D eigenvalue weighted by atomic mass is 79.9. The first-order valence-electron chi connectivity index (χ1n) is 6.49. The lowest BCUT2D eigenvalue weighted by Crippen LogP contribution is -1.82. The Morgan fingerprint density at radius 1 is 1.05 bits per heavy atom. The summed E-state index contributed by atoms with van der Waals surface area (Å²) in [5.41, 5.74) is 3.36. The summed E-state index contributed by atoms with van der Waals surface area (Å²) in [5.74, 6) is 1.35. The maximum atomic E-state index is 5.70. The van der Waals surface area contributed by atoms with Gasteiger partial charge in [-0.2, -0.15) is 0 Å². The molecular weight excluding hydrogens is 348 g/mol. The maximum absolute atomic E-state index is 5.70. The Bertz CT molecular complexity index is 740. The molecule has 0 saturated heterocycles. The normalized spacial score (nSPS) is 10.8. The molecule has 0 fully saturated rings. The molecule has 0 aliphatic heterocycles. The second kappa shape index (κ2) is 6.45. The molecule has 5 heteroatoms. The van der Waals surface area contributed by atoms with Crippen LogP contribution in [-0.2, 0) is 5.75 Å². The van der Waals surface area contributed by atoms with Gasteiger partial charge in [0.05, 0.1) is 0 Å². The number of hydrogen-bond acceptors (Lipinski definition) is 4. The summed E-state index contributed by atoms with van der Waals surface area (Å²) in [4.78, 5) is 0. The fourth-order valence-electron chi connectivity index (χ4n) is 1.84. The summed E-state index contributed by atoms with van der Waals surface area (Å²) in [6.45, 7) is 2.05. The van der Waals surface area contributed by atoms with Gasteiger partial charge in [-0.1, -0.05) is 63.6 Å². The molecule has 0 unspecified atom stereocenters. The highest BCUT2D eigenvalue weighted by Crippen LogP contribution is 2.28. The molecule has 0 aliphatic rings. The highest BCUT2D eigenvalue weighted by Gasteiger charge is 2.09. The lowest BCUT2D eigenvalue weighted by Gasteiger charge is -2.00. The fraction of sp³-hybridized carbons (Fsp3) is 0.125. The number of aromatic nitrogens is 2. The molecule has 0 saturated carbocycles. The zero-order chi connectivity index (χ0) is 14.7. The number of nitrogens with zero attached hydrogens (tertiary/aromatic N) is 2. The molecule has 3 rings (SSSR count). The highest BCUT2D eigenvalue weighted by molar-refractivity contribution is 9.10. The minimum absolute atomic E-state index is 0.560. The van der Waals surface area contributed by atoms with Crippen LogP contribution in [0.1, 0.15) is 11.1 Å². The van der Waals surface area contributed by atoms with Crippen molar-refractivity contribution in [3.8, 4) is 11.5 Å². The van der Waals surface area contributed by atoms with Gasteiger partial charge in [-0.05, 0) is 30.7 Å². The van der Waals surface area contributed by atoms with Gasteiger partial charge in [0.1, 0.15) is 0 Å². The van der Waals surface area contributed by atoms with Gasteiger partial charge in [0.2, 0.25) is 5.89 Å². The smallest absolute Gasteiger partial charge is 0.277 e. The van der Waals surface area contributed by atoms with Crippen LogP contribution in [-0.4, -0.2) is 10.2 Å². The first-order valence-corrected chi connectivity index (χ1v) is 8.27. The van der Waals surface area contributed by atoms with Crippen LogP contribution in [0.15, 0.2) is 62.6 Å². The average molecular weight is 361 g/mol. The lowest BCUT2D eigenvalue weighted by molar-refractivity contribution is 0.466. The number of halogens is 1. The molecule has 2 aromatic carbocycles. The zero-order valence-corrected chi connectivity index (χ0v) is 13.8. The third-order valence-electron chi connectivity index (χ3n) is 3.01. The Kier molecular flexibility index (Phi) is 4.41. The number of thioether (sulfide) groups is 1. The molecule has 106 valence electrons. The molecular formula is C16H13BrN2OS. The molecule has 1 heterocycles. The summed E-state index contributed by atoms with van der Waals surface area (Å²) in [5, 5.41) is 8.78. The molecule has 0 amide bonds. The summed E-state index contributed by atoms with van der Waals surface area (Å²) in [6, 6.07) is 16.2. The van der Waals surface area contributed by atoms with Gasteiger partial charge in [-0.3, -0.25) is 0 Å². The Balaban J connectivity index is 1.71. The quantitative estimate of drug-likeness (QED) is 0.606. The number of benzene rings is 2. The van der Waals surface area contributed by atoms with Crippen molar-refractivity contribution in [2.24, 2.45) is 0 Å². The first-order chi connectivity index (χ1) is 10.2. The van der Waals surface area contributed by atoms with Crippen LogP contribution >= 0.6 is 27.7 Å². The average Bonchev–Trinajstić information content (AvgIpc) is 2.96. The van der Waals surface area contributed by atoms with Gasteiger partial charge in [-0.15, -0.1) is 10.2 Å². The van der Waals surface area contributed by atoms with E-state index in [-0.39, 0.29) is 0 Å². The van der Waals surface area contributed by atoms with Crippen molar-refractivity contribution in [3.05, 3.63) is 64.1 Å². The summed E-state index contributed by atoms with van der Waals surface area (Å²) < 4.78 is 6.79. The molecule has 3 aromatic rings. The molecule has 3 nitrogen and oxygen atoms in total. The fourth-order valence-corrected chi connectivity index (χ4v) is 3.21. The second-order valence-electron chi connectivity index (χ2n) is 4.62. The van der Waals surface area contributed by atoms with Crippen LogP contribution < -0.4 is 0 Å². The number of rotatable bonds is 4. The van der Waals surface area contributed by atoms with Crippen LogP contribution in [0.4, 0.5) is 0 Å². The van der Waals surface area contributed by atoms with E-state index in [0.717, 1.165) is 15.8 Å². The molecule has 0 spiro atoms. The zero-order valence-electron chi connectivity index (χ0n) is 11.4. The third-order valence-corrected chi connectivity index (χ3v) is 4.65. The van der Waals surface area contributed by atoms with Crippen molar-refractivity contribution in [3.63, 3.8) is 0 Å². The predicted octanol–water partition coefficient (Wildman–Crippen LogP) is 5.10. The topological polar surface area (TPSA) is 38.9 Å². The van der Waals surface area contributed by atoms with Crippen molar-refractivity contribution >= 4 is 27.7 Å². The van der Waals surface area contributed by atoms with E-state index in [1.165, 1.54) is 22.9 Å². The van der Waals surface area contributed by atoms with Gasteiger partial charge in [-0.25, -0.2) is 0 Å². The molecule has 0 radical (unpaired) electrons. The van der Waals surface area contributed by atoms with Crippen LogP contribution in [0.3, 0.4) is 0 Å². The molecule has 0 aliphatic carbocycles. The lowest BCUT2D eigenvalue weighted by atomic mass is 10.1. The molecule has 0 N–H and O–H groups in total. The molecule has 1 aromatic heterocycles. The second-order valence-corrected chi connectivity index (χ2v) is 6.40.